The summed E-state index contributed by atoms with van der Waals surface area (Å²) in [6, 6.07) is 7.96. The summed E-state index contributed by atoms with van der Waals surface area (Å²) in [5.74, 6) is -0.186. The molecule has 0 aliphatic heterocycles. The zero-order chi connectivity index (χ0) is 13.1. The summed E-state index contributed by atoms with van der Waals surface area (Å²) in [6.07, 6.45) is 1.09. The average Bonchev–Trinajstić information content (AvgIpc) is 2.35. The minimum absolute atomic E-state index is 0.0723. The van der Waals surface area contributed by atoms with Crippen LogP contribution in [0.1, 0.15) is 11.1 Å². The van der Waals surface area contributed by atoms with Crippen LogP contribution in [-0.2, 0) is 6.54 Å². The van der Waals surface area contributed by atoms with Crippen molar-refractivity contribution in [3.05, 3.63) is 47.4 Å². The molecule has 0 fully saturated rings. The second-order valence-corrected chi connectivity index (χ2v) is 4.18. The van der Waals surface area contributed by atoms with Crippen molar-refractivity contribution in [3.8, 4) is 0 Å². The van der Waals surface area contributed by atoms with Crippen molar-refractivity contribution >= 4 is 11.8 Å². The number of nitrogens with two attached hydrogens (primary N) is 1. The normalized spacial score (nSPS) is 10.4. The Labute approximate surface area is 105 Å². The molecule has 1 aromatic heterocycles. The second-order valence-electron chi connectivity index (χ2n) is 4.18. The zero-order valence-corrected chi connectivity index (χ0v) is 10.4. The first kappa shape index (κ1) is 12.3. The second kappa shape index (κ2) is 5.00. The van der Waals surface area contributed by atoms with Crippen LogP contribution in [0, 0.1) is 12.7 Å². The minimum atomic E-state index is -0.472. The van der Waals surface area contributed by atoms with Crippen molar-refractivity contribution < 1.29 is 4.39 Å². The number of hydrogen-bond acceptors (Lipinski definition) is 4. The molecule has 5 heteroatoms. The topological polar surface area (TPSA) is 55.0 Å². The predicted molar refractivity (Wildman–Crippen MR) is 69.7 cm³/mol. The Kier molecular flexibility index (Phi) is 3.41. The van der Waals surface area contributed by atoms with Gasteiger partial charge in [0.1, 0.15) is 0 Å². The van der Waals surface area contributed by atoms with Crippen molar-refractivity contribution in [1.82, 2.24) is 9.97 Å². The smallest absolute Gasteiger partial charge is 0.222 e. The maximum atomic E-state index is 13.6. The lowest BCUT2D eigenvalue weighted by Crippen LogP contribution is -2.20. The van der Waals surface area contributed by atoms with E-state index in [4.69, 9.17) is 5.73 Å². The molecule has 0 bridgehead atoms. The van der Waals surface area contributed by atoms with Crippen LogP contribution in [0.5, 0.6) is 0 Å². The number of aromatic nitrogens is 2. The minimum Gasteiger partial charge on any atom is -0.368 e. The van der Waals surface area contributed by atoms with E-state index in [0.717, 1.165) is 17.3 Å². The molecular weight excluding hydrogens is 231 g/mol. The Hall–Kier alpha value is -2.17. The van der Waals surface area contributed by atoms with Crippen LogP contribution in [0.2, 0.25) is 0 Å². The first-order chi connectivity index (χ1) is 8.58. The maximum Gasteiger partial charge on any atom is 0.222 e. The van der Waals surface area contributed by atoms with Gasteiger partial charge in [0.2, 0.25) is 5.95 Å². The Morgan fingerprint density at radius 3 is 2.78 bits per heavy atom. The number of rotatable bonds is 3. The molecule has 0 atom stereocenters. The van der Waals surface area contributed by atoms with Crippen molar-refractivity contribution in [3.63, 3.8) is 0 Å². The number of anilines is 2. The van der Waals surface area contributed by atoms with E-state index in [9.17, 15) is 4.39 Å². The van der Waals surface area contributed by atoms with Crippen LogP contribution in [0.4, 0.5) is 16.2 Å². The van der Waals surface area contributed by atoms with Gasteiger partial charge in [-0.3, -0.25) is 0 Å². The van der Waals surface area contributed by atoms with Gasteiger partial charge in [-0.1, -0.05) is 24.3 Å². The van der Waals surface area contributed by atoms with Crippen molar-refractivity contribution in [2.45, 2.75) is 13.5 Å². The molecule has 0 saturated carbocycles. The number of halogens is 1. The quantitative estimate of drug-likeness (QED) is 0.901. The van der Waals surface area contributed by atoms with Crippen LogP contribution < -0.4 is 10.6 Å². The predicted octanol–water partition coefficient (Wildman–Crippen LogP) is 2.14. The Balaban J connectivity index is 2.25. The van der Waals surface area contributed by atoms with Crippen LogP contribution >= 0.6 is 0 Å². The van der Waals surface area contributed by atoms with E-state index in [1.54, 1.807) is 11.9 Å². The third-order valence-corrected chi connectivity index (χ3v) is 2.77. The number of nitrogens with zero attached hydrogens (tertiary/aromatic N) is 3. The molecule has 2 aromatic rings. The molecule has 0 amide bonds. The van der Waals surface area contributed by atoms with E-state index in [-0.39, 0.29) is 11.8 Å². The molecule has 0 spiro atoms. The average molecular weight is 246 g/mol. The molecule has 0 aliphatic carbocycles. The molecule has 0 unspecified atom stereocenters. The largest absolute Gasteiger partial charge is 0.368 e. The SMILES string of the molecule is Cc1ccccc1CN(C)c1nc(N)ncc1F. The lowest BCUT2D eigenvalue weighted by Gasteiger charge is -2.19. The highest BCUT2D eigenvalue weighted by molar-refractivity contribution is 5.43. The molecule has 1 aromatic carbocycles. The molecule has 94 valence electrons. The number of benzene rings is 1. The van der Waals surface area contributed by atoms with Gasteiger partial charge in [-0.2, -0.15) is 4.98 Å². The monoisotopic (exact) mass is 246 g/mol. The van der Waals surface area contributed by atoms with E-state index >= 15 is 0 Å². The van der Waals surface area contributed by atoms with E-state index < -0.39 is 5.82 Å². The highest BCUT2D eigenvalue weighted by atomic mass is 19.1. The third-order valence-electron chi connectivity index (χ3n) is 2.77. The van der Waals surface area contributed by atoms with Crippen LogP contribution in [0.3, 0.4) is 0 Å². The lowest BCUT2D eigenvalue weighted by molar-refractivity contribution is 0.608. The third kappa shape index (κ3) is 2.56. The maximum absolute atomic E-state index is 13.6. The lowest BCUT2D eigenvalue weighted by atomic mass is 10.1. The van der Waals surface area contributed by atoms with Gasteiger partial charge in [-0.25, -0.2) is 9.37 Å². The molecule has 0 saturated heterocycles. The van der Waals surface area contributed by atoms with Crippen molar-refractivity contribution in [1.29, 1.82) is 0 Å². The molecule has 1 heterocycles. The molecule has 0 aliphatic rings. The number of aryl methyl sites for hydroxylation is 1. The van der Waals surface area contributed by atoms with Gasteiger partial charge in [-0.05, 0) is 18.1 Å². The van der Waals surface area contributed by atoms with E-state index in [0.29, 0.717) is 6.54 Å². The summed E-state index contributed by atoms with van der Waals surface area (Å²) in [4.78, 5) is 9.25. The highest BCUT2D eigenvalue weighted by Crippen LogP contribution is 2.18. The van der Waals surface area contributed by atoms with E-state index in [1.807, 2.05) is 31.2 Å². The van der Waals surface area contributed by atoms with Crippen molar-refractivity contribution in [2.75, 3.05) is 17.7 Å². The summed E-state index contributed by atoms with van der Waals surface area (Å²) >= 11 is 0. The van der Waals surface area contributed by atoms with Gasteiger partial charge in [-0.15, -0.1) is 0 Å². The van der Waals surface area contributed by atoms with Gasteiger partial charge in [0.05, 0.1) is 6.20 Å². The summed E-state index contributed by atoms with van der Waals surface area (Å²) in [6.45, 7) is 2.59. The first-order valence-electron chi connectivity index (χ1n) is 5.61. The molecule has 2 N–H and O–H groups in total. The van der Waals surface area contributed by atoms with Crippen LogP contribution in [-0.4, -0.2) is 17.0 Å². The van der Waals surface area contributed by atoms with Crippen molar-refractivity contribution in [2.24, 2.45) is 0 Å². The van der Waals surface area contributed by atoms with Gasteiger partial charge in [0.25, 0.3) is 0 Å². The summed E-state index contributed by atoms with van der Waals surface area (Å²) in [7, 11) is 1.78. The van der Waals surface area contributed by atoms with Gasteiger partial charge in [0.15, 0.2) is 11.6 Å². The summed E-state index contributed by atoms with van der Waals surface area (Å²) in [5, 5.41) is 0. The molecule has 18 heavy (non-hydrogen) atoms. The molecule has 2 rings (SSSR count). The van der Waals surface area contributed by atoms with Crippen LogP contribution in [0.25, 0.3) is 0 Å². The Bertz CT molecular complexity index is 556. The Morgan fingerprint density at radius 1 is 1.33 bits per heavy atom. The van der Waals surface area contributed by atoms with Gasteiger partial charge >= 0.3 is 0 Å². The molecule has 0 radical (unpaired) electrons. The molecule has 4 nitrogen and oxygen atoms in total. The zero-order valence-electron chi connectivity index (χ0n) is 10.4. The summed E-state index contributed by atoms with van der Waals surface area (Å²) < 4.78 is 13.6. The van der Waals surface area contributed by atoms with Gasteiger partial charge in [0, 0.05) is 13.6 Å². The van der Waals surface area contributed by atoms with Gasteiger partial charge < -0.3 is 10.6 Å². The first-order valence-corrected chi connectivity index (χ1v) is 5.61. The van der Waals surface area contributed by atoms with E-state index in [2.05, 4.69) is 9.97 Å². The standard InChI is InChI=1S/C13H15FN4/c1-9-5-3-4-6-10(9)8-18(2)12-11(14)7-16-13(15)17-12/h3-7H,8H2,1-2H3,(H2,15,16,17). The van der Waals surface area contributed by atoms with Crippen LogP contribution in [0.15, 0.2) is 30.5 Å². The fraction of sp³-hybridized carbons (Fsp3) is 0.231. The van der Waals surface area contributed by atoms with E-state index in [1.165, 1.54) is 0 Å². The fourth-order valence-electron chi connectivity index (χ4n) is 1.76. The summed E-state index contributed by atoms with van der Waals surface area (Å²) in [5.41, 5.74) is 7.75. The Morgan fingerprint density at radius 2 is 2.06 bits per heavy atom. The highest BCUT2D eigenvalue weighted by Gasteiger charge is 2.11. The fourth-order valence-corrected chi connectivity index (χ4v) is 1.76. The number of hydrogen-bond donors (Lipinski definition) is 1. The number of nitrogen functional groups attached to an aromatic ring is 1. The molecular formula is C13H15FN4.